The molecule has 1 saturated heterocycles. The van der Waals surface area contributed by atoms with Crippen molar-refractivity contribution < 1.29 is 14.7 Å². The highest BCUT2D eigenvalue weighted by Gasteiger charge is 2.23. The average molecular weight is 229 g/mol. The average Bonchev–Trinajstić information content (AvgIpc) is 2.60. The molecular formula is C10H19N3O3. The van der Waals surface area contributed by atoms with Gasteiger partial charge < -0.3 is 20.6 Å². The van der Waals surface area contributed by atoms with Crippen LogP contribution in [0.25, 0.3) is 0 Å². The van der Waals surface area contributed by atoms with Crippen molar-refractivity contribution in [2.75, 3.05) is 20.1 Å². The Hall–Kier alpha value is -1.30. The molecule has 92 valence electrons. The summed E-state index contributed by atoms with van der Waals surface area (Å²) in [4.78, 5) is 24.3. The number of amides is 2. The van der Waals surface area contributed by atoms with Crippen LogP contribution in [0.1, 0.15) is 19.8 Å². The topological polar surface area (TPSA) is 81.7 Å². The number of nitrogens with zero attached hydrogens (tertiary/aromatic N) is 1. The fraction of sp³-hybridized carbons (Fsp3) is 0.800. The van der Waals surface area contributed by atoms with E-state index in [9.17, 15) is 9.59 Å². The Morgan fingerprint density at radius 1 is 1.56 bits per heavy atom. The molecule has 0 bridgehead atoms. The number of carboxylic acid groups (broad SMARTS) is 1. The van der Waals surface area contributed by atoms with Crippen molar-refractivity contribution in [3.63, 3.8) is 0 Å². The number of likely N-dealkylation sites (tertiary alicyclic amines) is 1. The Bertz CT molecular complexity index is 270. The van der Waals surface area contributed by atoms with Crippen LogP contribution in [-0.4, -0.2) is 54.2 Å². The van der Waals surface area contributed by atoms with Crippen LogP contribution in [0, 0.1) is 0 Å². The van der Waals surface area contributed by atoms with Gasteiger partial charge in [-0.15, -0.1) is 0 Å². The Balaban J connectivity index is 2.32. The number of carbonyl (C=O) groups is 2. The van der Waals surface area contributed by atoms with Crippen molar-refractivity contribution in [3.8, 4) is 0 Å². The maximum atomic E-state index is 11.5. The quantitative estimate of drug-likeness (QED) is 0.626. The van der Waals surface area contributed by atoms with Crippen molar-refractivity contribution in [2.24, 2.45) is 0 Å². The van der Waals surface area contributed by atoms with Gasteiger partial charge in [0.15, 0.2) is 0 Å². The lowest BCUT2D eigenvalue weighted by atomic mass is 10.2. The van der Waals surface area contributed by atoms with Gasteiger partial charge in [0.2, 0.25) is 0 Å². The van der Waals surface area contributed by atoms with Crippen LogP contribution in [0.3, 0.4) is 0 Å². The van der Waals surface area contributed by atoms with E-state index in [1.807, 2.05) is 7.05 Å². The van der Waals surface area contributed by atoms with E-state index in [0.717, 1.165) is 19.5 Å². The van der Waals surface area contributed by atoms with E-state index in [4.69, 9.17) is 5.11 Å². The minimum absolute atomic E-state index is 0.122. The van der Waals surface area contributed by atoms with Crippen molar-refractivity contribution in [1.29, 1.82) is 0 Å². The zero-order chi connectivity index (χ0) is 12.1. The molecule has 0 spiro atoms. The summed E-state index contributed by atoms with van der Waals surface area (Å²) < 4.78 is 0. The van der Waals surface area contributed by atoms with Crippen molar-refractivity contribution in [2.45, 2.75) is 31.8 Å². The fourth-order valence-corrected chi connectivity index (χ4v) is 1.78. The van der Waals surface area contributed by atoms with Gasteiger partial charge in [-0.1, -0.05) is 6.92 Å². The van der Waals surface area contributed by atoms with Gasteiger partial charge in [0.25, 0.3) is 0 Å². The predicted molar refractivity (Wildman–Crippen MR) is 59.3 cm³/mol. The second-order valence-electron chi connectivity index (χ2n) is 4.16. The van der Waals surface area contributed by atoms with E-state index >= 15 is 0 Å². The third kappa shape index (κ3) is 3.69. The van der Waals surface area contributed by atoms with Gasteiger partial charge in [-0.3, -0.25) is 0 Å². The SMILES string of the molecule is CCC(NC(=O)NC1CCN(C)C1)C(=O)O. The summed E-state index contributed by atoms with van der Waals surface area (Å²) in [6.45, 7) is 3.50. The van der Waals surface area contributed by atoms with E-state index < -0.39 is 18.0 Å². The first kappa shape index (κ1) is 12.8. The number of likely N-dealkylation sites (N-methyl/N-ethyl adjacent to an activating group) is 1. The van der Waals surface area contributed by atoms with Gasteiger partial charge in [0.1, 0.15) is 6.04 Å². The van der Waals surface area contributed by atoms with Gasteiger partial charge >= 0.3 is 12.0 Å². The highest BCUT2D eigenvalue weighted by molar-refractivity contribution is 5.82. The summed E-state index contributed by atoms with van der Waals surface area (Å²) in [5.74, 6) is -0.999. The first-order chi connectivity index (χ1) is 7.52. The number of nitrogens with one attached hydrogen (secondary N) is 2. The largest absolute Gasteiger partial charge is 0.480 e. The number of rotatable bonds is 4. The molecule has 2 unspecified atom stereocenters. The number of hydrogen-bond donors (Lipinski definition) is 3. The first-order valence-electron chi connectivity index (χ1n) is 5.51. The zero-order valence-corrected chi connectivity index (χ0v) is 9.69. The van der Waals surface area contributed by atoms with Gasteiger partial charge in [-0.05, 0) is 26.4 Å². The number of urea groups is 1. The molecule has 2 amide bonds. The monoisotopic (exact) mass is 229 g/mol. The van der Waals surface area contributed by atoms with Gasteiger partial charge in [-0.2, -0.15) is 0 Å². The molecule has 1 rings (SSSR count). The minimum atomic E-state index is -0.999. The number of hydrogen-bond acceptors (Lipinski definition) is 3. The third-order valence-corrected chi connectivity index (χ3v) is 2.74. The lowest BCUT2D eigenvalue weighted by molar-refractivity contribution is -0.139. The third-order valence-electron chi connectivity index (χ3n) is 2.74. The number of carboxylic acids is 1. The second-order valence-corrected chi connectivity index (χ2v) is 4.16. The van der Waals surface area contributed by atoms with Crippen molar-refractivity contribution >= 4 is 12.0 Å². The summed E-state index contributed by atoms with van der Waals surface area (Å²) in [6.07, 6.45) is 1.29. The Morgan fingerprint density at radius 2 is 2.25 bits per heavy atom. The number of carbonyl (C=O) groups excluding carboxylic acids is 1. The summed E-state index contributed by atoms with van der Waals surface area (Å²) in [5, 5.41) is 14.0. The van der Waals surface area contributed by atoms with Crippen LogP contribution >= 0.6 is 0 Å². The molecule has 1 aliphatic rings. The van der Waals surface area contributed by atoms with E-state index in [2.05, 4.69) is 15.5 Å². The standard InChI is InChI=1S/C10H19N3O3/c1-3-8(9(14)15)12-10(16)11-7-4-5-13(2)6-7/h7-8H,3-6H2,1-2H3,(H,14,15)(H2,11,12,16). The first-order valence-corrected chi connectivity index (χ1v) is 5.51. The van der Waals surface area contributed by atoms with Crippen molar-refractivity contribution in [1.82, 2.24) is 15.5 Å². The summed E-state index contributed by atoms with van der Waals surface area (Å²) in [7, 11) is 1.99. The summed E-state index contributed by atoms with van der Waals surface area (Å²) in [5.41, 5.74) is 0. The smallest absolute Gasteiger partial charge is 0.326 e. The summed E-state index contributed by atoms with van der Waals surface area (Å²) in [6, 6.07) is -1.08. The molecule has 0 aromatic heterocycles. The molecule has 1 heterocycles. The maximum Gasteiger partial charge on any atom is 0.326 e. The van der Waals surface area contributed by atoms with Crippen LogP contribution in [0.15, 0.2) is 0 Å². The fourth-order valence-electron chi connectivity index (χ4n) is 1.78. The highest BCUT2D eigenvalue weighted by atomic mass is 16.4. The molecule has 0 aliphatic carbocycles. The molecule has 0 radical (unpaired) electrons. The van der Waals surface area contributed by atoms with Crippen LogP contribution in [-0.2, 0) is 4.79 Å². The Morgan fingerprint density at radius 3 is 2.69 bits per heavy atom. The number of aliphatic carboxylic acids is 1. The van der Waals surface area contributed by atoms with Crippen LogP contribution in [0.2, 0.25) is 0 Å². The van der Waals surface area contributed by atoms with E-state index in [1.165, 1.54) is 0 Å². The van der Waals surface area contributed by atoms with E-state index in [1.54, 1.807) is 6.92 Å². The van der Waals surface area contributed by atoms with E-state index in [0.29, 0.717) is 6.42 Å². The normalized spacial score (nSPS) is 22.8. The van der Waals surface area contributed by atoms with Crippen LogP contribution < -0.4 is 10.6 Å². The van der Waals surface area contributed by atoms with Gasteiger partial charge in [0.05, 0.1) is 0 Å². The Kier molecular flexibility index (Phi) is 4.54. The molecular weight excluding hydrogens is 210 g/mol. The van der Waals surface area contributed by atoms with Gasteiger partial charge in [-0.25, -0.2) is 9.59 Å². The molecule has 6 nitrogen and oxygen atoms in total. The molecule has 0 aromatic rings. The lowest BCUT2D eigenvalue weighted by Gasteiger charge is -2.16. The molecule has 0 saturated carbocycles. The maximum absolute atomic E-state index is 11.5. The molecule has 0 aromatic carbocycles. The molecule has 3 N–H and O–H groups in total. The van der Waals surface area contributed by atoms with Crippen LogP contribution in [0.5, 0.6) is 0 Å². The summed E-state index contributed by atoms with van der Waals surface area (Å²) >= 11 is 0. The zero-order valence-electron chi connectivity index (χ0n) is 9.69. The second kappa shape index (κ2) is 5.69. The van der Waals surface area contributed by atoms with Crippen molar-refractivity contribution in [3.05, 3.63) is 0 Å². The van der Waals surface area contributed by atoms with Crippen LogP contribution in [0.4, 0.5) is 4.79 Å². The molecule has 6 heteroatoms. The van der Waals surface area contributed by atoms with E-state index in [-0.39, 0.29) is 6.04 Å². The Labute approximate surface area is 95.0 Å². The highest BCUT2D eigenvalue weighted by Crippen LogP contribution is 2.05. The molecule has 1 fully saturated rings. The lowest BCUT2D eigenvalue weighted by Crippen LogP contribution is -2.49. The molecule has 1 aliphatic heterocycles. The molecule has 16 heavy (non-hydrogen) atoms. The molecule has 2 atom stereocenters. The predicted octanol–water partition coefficient (Wildman–Crippen LogP) is -0.147. The van der Waals surface area contributed by atoms with Gasteiger partial charge in [0, 0.05) is 12.6 Å². The minimum Gasteiger partial charge on any atom is -0.480 e.